The maximum absolute atomic E-state index is 5.31. The lowest BCUT2D eigenvalue weighted by atomic mass is 9.86. The van der Waals surface area contributed by atoms with Crippen LogP contribution in [0.5, 0.6) is 5.75 Å². The molecule has 0 unspecified atom stereocenters. The average Bonchev–Trinajstić information content (AvgIpc) is 2.56. The van der Waals surface area contributed by atoms with Gasteiger partial charge in [0.05, 0.1) is 7.11 Å². The number of thiocarbonyl (C=S) groups is 2. The van der Waals surface area contributed by atoms with Crippen LogP contribution in [0.4, 0.5) is 5.69 Å². The summed E-state index contributed by atoms with van der Waals surface area (Å²) in [5, 5.41) is 7.46. The molecule has 7 heteroatoms. The molecule has 1 aromatic rings. The SMILES string of the molecule is COc1ccc(NC(=S)NNC(=S)N[C@H]2CCCC[C@@H]2C)cc1. The van der Waals surface area contributed by atoms with Gasteiger partial charge in [-0.05, 0) is 67.5 Å². The molecule has 4 N–H and O–H groups in total. The minimum atomic E-state index is 0.439. The number of hydrogen-bond acceptors (Lipinski definition) is 3. The van der Waals surface area contributed by atoms with Crippen LogP contribution in [0.3, 0.4) is 0 Å². The minimum absolute atomic E-state index is 0.439. The Morgan fingerprint density at radius 1 is 1.04 bits per heavy atom. The fourth-order valence-corrected chi connectivity index (χ4v) is 3.06. The third kappa shape index (κ3) is 5.84. The van der Waals surface area contributed by atoms with Crippen molar-refractivity contribution in [2.24, 2.45) is 5.92 Å². The van der Waals surface area contributed by atoms with Gasteiger partial charge in [-0.1, -0.05) is 19.8 Å². The highest BCUT2D eigenvalue weighted by Crippen LogP contribution is 2.23. The van der Waals surface area contributed by atoms with Gasteiger partial charge in [0, 0.05) is 11.7 Å². The number of hydrazine groups is 1. The molecule has 5 nitrogen and oxygen atoms in total. The van der Waals surface area contributed by atoms with E-state index < -0.39 is 0 Å². The third-order valence-corrected chi connectivity index (χ3v) is 4.49. The van der Waals surface area contributed by atoms with Gasteiger partial charge < -0.3 is 15.4 Å². The van der Waals surface area contributed by atoms with E-state index in [4.69, 9.17) is 29.2 Å². The predicted octanol–water partition coefficient (Wildman–Crippen LogP) is 2.94. The van der Waals surface area contributed by atoms with E-state index in [2.05, 4.69) is 28.4 Å². The molecule has 1 aliphatic rings. The van der Waals surface area contributed by atoms with Crippen molar-refractivity contribution < 1.29 is 4.74 Å². The van der Waals surface area contributed by atoms with Crippen LogP contribution in [0.2, 0.25) is 0 Å². The first-order valence-corrected chi connectivity index (χ1v) is 8.67. The molecule has 0 bridgehead atoms. The predicted molar refractivity (Wildman–Crippen MR) is 103 cm³/mol. The Bertz CT molecular complexity index is 535. The Morgan fingerprint density at radius 2 is 1.70 bits per heavy atom. The lowest BCUT2D eigenvalue weighted by Gasteiger charge is -2.30. The molecule has 126 valence electrons. The number of benzene rings is 1. The lowest BCUT2D eigenvalue weighted by molar-refractivity contribution is 0.308. The van der Waals surface area contributed by atoms with E-state index in [0.717, 1.165) is 17.9 Å². The molecule has 2 atom stereocenters. The summed E-state index contributed by atoms with van der Waals surface area (Å²) in [5.41, 5.74) is 6.71. The molecule has 0 aliphatic heterocycles. The first kappa shape index (κ1) is 17.7. The zero-order valence-corrected chi connectivity index (χ0v) is 15.2. The Labute approximate surface area is 148 Å². The summed E-state index contributed by atoms with van der Waals surface area (Å²) >= 11 is 10.6. The van der Waals surface area contributed by atoms with E-state index >= 15 is 0 Å². The maximum atomic E-state index is 5.31. The van der Waals surface area contributed by atoms with Gasteiger partial charge >= 0.3 is 0 Å². The van der Waals surface area contributed by atoms with Crippen molar-refractivity contribution in [3.63, 3.8) is 0 Å². The van der Waals surface area contributed by atoms with Crippen LogP contribution in [0.25, 0.3) is 0 Å². The van der Waals surface area contributed by atoms with E-state index in [1.807, 2.05) is 24.3 Å². The van der Waals surface area contributed by atoms with Crippen LogP contribution in [-0.4, -0.2) is 23.4 Å². The second-order valence-corrected chi connectivity index (χ2v) is 6.59. The molecule has 2 rings (SSSR count). The fraction of sp³-hybridized carbons (Fsp3) is 0.500. The van der Waals surface area contributed by atoms with Crippen LogP contribution in [-0.2, 0) is 0 Å². The van der Waals surface area contributed by atoms with Crippen LogP contribution >= 0.6 is 24.4 Å². The first-order valence-electron chi connectivity index (χ1n) is 7.86. The van der Waals surface area contributed by atoms with Gasteiger partial charge in [-0.15, -0.1) is 0 Å². The van der Waals surface area contributed by atoms with E-state index in [1.165, 1.54) is 19.3 Å². The molecular weight excluding hydrogens is 328 g/mol. The lowest BCUT2D eigenvalue weighted by Crippen LogP contribution is -2.52. The maximum Gasteiger partial charge on any atom is 0.189 e. The number of nitrogens with one attached hydrogen (secondary N) is 4. The molecule has 0 aromatic heterocycles. The average molecular weight is 353 g/mol. The Hall–Kier alpha value is -1.60. The fourth-order valence-electron chi connectivity index (χ4n) is 2.69. The Morgan fingerprint density at radius 3 is 2.35 bits per heavy atom. The van der Waals surface area contributed by atoms with Gasteiger partial charge in [-0.2, -0.15) is 0 Å². The molecule has 0 radical (unpaired) electrons. The van der Waals surface area contributed by atoms with E-state index in [0.29, 0.717) is 22.2 Å². The molecule has 1 fully saturated rings. The second-order valence-electron chi connectivity index (χ2n) is 5.77. The number of hydrogen-bond donors (Lipinski definition) is 4. The topological polar surface area (TPSA) is 57.4 Å². The largest absolute Gasteiger partial charge is 0.497 e. The first-order chi connectivity index (χ1) is 11.1. The van der Waals surface area contributed by atoms with Crippen LogP contribution < -0.4 is 26.2 Å². The van der Waals surface area contributed by atoms with Gasteiger partial charge in [0.2, 0.25) is 0 Å². The van der Waals surface area contributed by atoms with Gasteiger partial charge in [-0.25, -0.2) is 0 Å². The summed E-state index contributed by atoms with van der Waals surface area (Å²) in [7, 11) is 1.64. The smallest absolute Gasteiger partial charge is 0.189 e. The Balaban J connectivity index is 1.71. The molecule has 1 aromatic carbocycles. The molecular formula is C16H24N4OS2. The van der Waals surface area contributed by atoms with Crippen LogP contribution in [0.1, 0.15) is 32.6 Å². The molecule has 1 saturated carbocycles. The molecule has 0 saturated heterocycles. The molecule has 0 heterocycles. The van der Waals surface area contributed by atoms with Gasteiger partial charge in [0.25, 0.3) is 0 Å². The normalized spacial score (nSPS) is 20.3. The van der Waals surface area contributed by atoms with Crippen molar-refractivity contribution in [2.75, 3.05) is 12.4 Å². The molecule has 23 heavy (non-hydrogen) atoms. The number of rotatable bonds is 3. The summed E-state index contributed by atoms with van der Waals surface area (Å²) in [6.07, 6.45) is 4.99. The van der Waals surface area contributed by atoms with Crippen molar-refractivity contribution in [3.05, 3.63) is 24.3 Å². The summed E-state index contributed by atoms with van der Waals surface area (Å²) in [6, 6.07) is 7.97. The van der Waals surface area contributed by atoms with E-state index in [1.54, 1.807) is 7.11 Å². The van der Waals surface area contributed by atoms with Crippen molar-refractivity contribution in [1.82, 2.24) is 16.2 Å². The number of ether oxygens (including phenoxy) is 1. The quantitative estimate of drug-likeness (QED) is 0.493. The zero-order valence-electron chi connectivity index (χ0n) is 13.5. The highest BCUT2D eigenvalue weighted by molar-refractivity contribution is 7.80. The van der Waals surface area contributed by atoms with Crippen LogP contribution in [0, 0.1) is 5.92 Å². The molecule has 0 spiro atoms. The van der Waals surface area contributed by atoms with Gasteiger partial charge in [0.15, 0.2) is 10.2 Å². The highest BCUT2D eigenvalue weighted by atomic mass is 32.1. The van der Waals surface area contributed by atoms with Gasteiger partial charge in [0.1, 0.15) is 5.75 Å². The third-order valence-electron chi connectivity index (χ3n) is 4.07. The molecule has 1 aliphatic carbocycles. The number of anilines is 1. The molecule has 0 amide bonds. The summed E-state index contributed by atoms with van der Waals surface area (Å²) in [6.45, 7) is 2.27. The van der Waals surface area contributed by atoms with Crippen molar-refractivity contribution in [3.8, 4) is 5.75 Å². The van der Waals surface area contributed by atoms with Crippen molar-refractivity contribution in [2.45, 2.75) is 38.6 Å². The summed E-state index contributed by atoms with van der Waals surface area (Å²) in [4.78, 5) is 0. The van der Waals surface area contributed by atoms with Gasteiger partial charge in [-0.3, -0.25) is 10.9 Å². The minimum Gasteiger partial charge on any atom is -0.497 e. The van der Waals surface area contributed by atoms with E-state index in [-0.39, 0.29) is 0 Å². The monoisotopic (exact) mass is 352 g/mol. The number of methoxy groups -OCH3 is 1. The zero-order chi connectivity index (χ0) is 16.7. The van der Waals surface area contributed by atoms with E-state index in [9.17, 15) is 0 Å². The summed E-state index contributed by atoms with van der Waals surface area (Å²) < 4.78 is 5.12. The standard InChI is InChI=1S/C16H24N4OS2/c1-11-5-3-4-6-14(11)18-16(23)20-19-15(22)17-12-7-9-13(21-2)10-8-12/h7-11,14H,3-6H2,1-2H3,(H2,17,19,22)(H2,18,20,23)/t11-,14-/m0/s1. The van der Waals surface area contributed by atoms with Crippen molar-refractivity contribution in [1.29, 1.82) is 0 Å². The van der Waals surface area contributed by atoms with Crippen LogP contribution in [0.15, 0.2) is 24.3 Å². The van der Waals surface area contributed by atoms with Crippen molar-refractivity contribution >= 4 is 40.3 Å². The highest BCUT2D eigenvalue weighted by Gasteiger charge is 2.21. The second kappa shape index (κ2) is 8.88. The summed E-state index contributed by atoms with van der Waals surface area (Å²) in [5.74, 6) is 1.45. The Kier molecular flexibility index (Phi) is 6.85.